The van der Waals surface area contributed by atoms with Crippen LogP contribution in [0.2, 0.25) is 5.02 Å². The molecule has 0 fully saturated rings. The van der Waals surface area contributed by atoms with Gasteiger partial charge in [0, 0.05) is 15.3 Å². The van der Waals surface area contributed by atoms with Gasteiger partial charge in [-0.2, -0.15) is 0 Å². The van der Waals surface area contributed by atoms with Crippen LogP contribution in [0.25, 0.3) is 10.4 Å². The maximum Gasteiger partial charge on any atom is 0.0449 e. The molecular formula is C11H8ClS. The Morgan fingerprint density at radius 3 is 2.77 bits per heavy atom. The molecule has 0 N–H and O–H groups in total. The number of rotatable bonds is 1. The second-order valence-corrected chi connectivity index (χ2v) is 4.17. The van der Waals surface area contributed by atoms with Gasteiger partial charge in [-0.05, 0) is 36.2 Å². The molecule has 1 heterocycles. The Morgan fingerprint density at radius 2 is 2.15 bits per heavy atom. The van der Waals surface area contributed by atoms with Crippen molar-refractivity contribution in [2.75, 3.05) is 0 Å². The molecule has 0 saturated heterocycles. The van der Waals surface area contributed by atoms with Crippen molar-refractivity contribution in [2.45, 2.75) is 6.92 Å². The van der Waals surface area contributed by atoms with E-state index >= 15 is 0 Å². The van der Waals surface area contributed by atoms with E-state index in [1.54, 1.807) is 11.3 Å². The average molecular weight is 208 g/mol. The van der Waals surface area contributed by atoms with Crippen molar-refractivity contribution in [3.8, 4) is 10.4 Å². The summed E-state index contributed by atoms with van der Waals surface area (Å²) in [5, 5.41) is 3.89. The molecule has 0 amide bonds. The third-order valence-electron chi connectivity index (χ3n) is 1.93. The zero-order chi connectivity index (χ0) is 9.26. The van der Waals surface area contributed by atoms with Gasteiger partial charge in [-0.25, -0.2) is 0 Å². The van der Waals surface area contributed by atoms with Crippen LogP contribution >= 0.6 is 22.9 Å². The Balaban J connectivity index is 2.49. The Kier molecular flexibility index (Phi) is 2.38. The lowest BCUT2D eigenvalue weighted by atomic mass is 10.1. The molecular weight excluding hydrogens is 200 g/mol. The van der Waals surface area contributed by atoms with E-state index in [1.807, 2.05) is 31.2 Å². The fraction of sp³-hybridized carbons (Fsp3) is 0.0909. The molecule has 0 saturated carbocycles. The van der Waals surface area contributed by atoms with Crippen molar-refractivity contribution in [1.29, 1.82) is 0 Å². The minimum Gasteiger partial charge on any atom is -0.134 e. The predicted octanol–water partition coefficient (Wildman–Crippen LogP) is 4.18. The molecule has 0 aliphatic carbocycles. The first kappa shape index (κ1) is 8.79. The first-order chi connectivity index (χ1) is 6.27. The van der Waals surface area contributed by atoms with Crippen molar-refractivity contribution < 1.29 is 0 Å². The Morgan fingerprint density at radius 1 is 1.31 bits per heavy atom. The molecule has 0 atom stereocenters. The monoisotopic (exact) mass is 207 g/mol. The zero-order valence-electron chi connectivity index (χ0n) is 7.17. The summed E-state index contributed by atoms with van der Waals surface area (Å²) >= 11 is 7.63. The van der Waals surface area contributed by atoms with E-state index in [9.17, 15) is 0 Å². The van der Waals surface area contributed by atoms with Crippen LogP contribution in [0, 0.1) is 12.3 Å². The number of hydrogen-bond acceptors (Lipinski definition) is 1. The van der Waals surface area contributed by atoms with Crippen LogP contribution in [0.1, 0.15) is 5.56 Å². The second kappa shape index (κ2) is 3.52. The molecule has 2 aromatic rings. The highest BCUT2D eigenvalue weighted by Crippen LogP contribution is 2.28. The van der Waals surface area contributed by atoms with Crippen molar-refractivity contribution in [2.24, 2.45) is 0 Å². The summed E-state index contributed by atoms with van der Waals surface area (Å²) in [5.41, 5.74) is 2.29. The molecule has 0 aliphatic rings. The highest BCUT2D eigenvalue weighted by atomic mass is 35.5. The largest absolute Gasteiger partial charge is 0.134 e. The van der Waals surface area contributed by atoms with E-state index in [2.05, 4.69) is 11.4 Å². The van der Waals surface area contributed by atoms with E-state index in [-0.39, 0.29) is 0 Å². The summed E-state index contributed by atoms with van der Waals surface area (Å²) < 4.78 is 0. The first-order valence-corrected chi connectivity index (χ1v) is 5.19. The van der Waals surface area contributed by atoms with Gasteiger partial charge in [0.25, 0.3) is 0 Å². The number of benzene rings is 1. The number of halogens is 1. The molecule has 2 heteroatoms. The third kappa shape index (κ3) is 1.77. The highest BCUT2D eigenvalue weighted by Gasteiger charge is 2.00. The number of hydrogen-bond donors (Lipinski definition) is 0. The van der Waals surface area contributed by atoms with Gasteiger partial charge in [0.1, 0.15) is 0 Å². The normalized spacial score (nSPS) is 10.3. The SMILES string of the molecule is Cc1ccc(-c2cc[c]s2)cc1Cl. The standard InChI is InChI=1S/C11H8ClS/c1-8-4-5-9(7-10(8)12)11-3-2-6-13-11/h2-5,7H,1H3. The maximum absolute atomic E-state index is 6.03. The fourth-order valence-electron chi connectivity index (χ4n) is 1.14. The summed E-state index contributed by atoms with van der Waals surface area (Å²) in [6, 6.07) is 10.1. The summed E-state index contributed by atoms with van der Waals surface area (Å²) in [7, 11) is 0. The van der Waals surface area contributed by atoms with E-state index < -0.39 is 0 Å². The molecule has 13 heavy (non-hydrogen) atoms. The van der Waals surface area contributed by atoms with Gasteiger partial charge in [0.2, 0.25) is 0 Å². The van der Waals surface area contributed by atoms with Gasteiger partial charge in [-0.15, -0.1) is 11.3 Å². The Hall–Kier alpha value is -0.790. The van der Waals surface area contributed by atoms with Gasteiger partial charge in [0.05, 0.1) is 0 Å². The van der Waals surface area contributed by atoms with E-state index in [0.29, 0.717) is 0 Å². The minimum absolute atomic E-state index is 0.825. The Labute approximate surface area is 86.8 Å². The summed E-state index contributed by atoms with van der Waals surface area (Å²) in [4.78, 5) is 1.21. The fourth-order valence-corrected chi connectivity index (χ4v) is 1.97. The van der Waals surface area contributed by atoms with E-state index in [4.69, 9.17) is 11.6 Å². The third-order valence-corrected chi connectivity index (χ3v) is 3.18. The molecule has 1 aromatic heterocycles. The van der Waals surface area contributed by atoms with Crippen LogP contribution in [-0.2, 0) is 0 Å². The number of aryl methyl sites for hydroxylation is 1. The second-order valence-electron chi connectivity index (χ2n) is 2.88. The quantitative estimate of drug-likeness (QED) is 0.658. The van der Waals surface area contributed by atoms with Gasteiger partial charge in [-0.1, -0.05) is 23.7 Å². The summed E-state index contributed by atoms with van der Waals surface area (Å²) in [6.45, 7) is 2.01. The van der Waals surface area contributed by atoms with Crippen molar-refractivity contribution in [3.63, 3.8) is 0 Å². The maximum atomic E-state index is 6.03. The van der Waals surface area contributed by atoms with Crippen LogP contribution in [0.15, 0.2) is 30.3 Å². The van der Waals surface area contributed by atoms with Crippen molar-refractivity contribution >= 4 is 22.9 Å². The average Bonchev–Trinajstić information content (AvgIpc) is 2.62. The van der Waals surface area contributed by atoms with Gasteiger partial charge >= 0.3 is 0 Å². The highest BCUT2D eigenvalue weighted by molar-refractivity contribution is 7.13. The number of thiophene rings is 1. The first-order valence-electron chi connectivity index (χ1n) is 4.00. The smallest absolute Gasteiger partial charge is 0.0449 e. The minimum atomic E-state index is 0.825. The molecule has 2 rings (SSSR count). The molecule has 0 spiro atoms. The lowest BCUT2D eigenvalue weighted by Crippen LogP contribution is -1.76. The summed E-state index contributed by atoms with van der Waals surface area (Å²) in [5.74, 6) is 0. The van der Waals surface area contributed by atoms with Crippen molar-refractivity contribution in [3.05, 3.63) is 46.3 Å². The van der Waals surface area contributed by atoms with Crippen LogP contribution < -0.4 is 0 Å². The van der Waals surface area contributed by atoms with Gasteiger partial charge in [0.15, 0.2) is 0 Å². The lowest BCUT2D eigenvalue weighted by Gasteiger charge is -2.00. The molecule has 1 radical (unpaired) electrons. The molecule has 0 unspecified atom stereocenters. The van der Waals surface area contributed by atoms with Crippen LogP contribution in [-0.4, -0.2) is 0 Å². The van der Waals surface area contributed by atoms with Crippen LogP contribution in [0.5, 0.6) is 0 Å². The lowest BCUT2D eigenvalue weighted by molar-refractivity contribution is 1.47. The molecule has 0 aliphatic heterocycles. The van der Waals surface area contributed by atoms with Crippen LogP contribution in [0.3, 0.4) is 0 Å². The topological polar surface area (TPSA) is 0 Å². The van der Waals surface area contributed by atoms with E-state index in [0.717, 1.165) is 10.6 Å². The van der Waals surface area contributed by atoms with E-state index in [1.165, 1.54) is 10.4 Å². The summed E-state index contributed by atoms with van der Waals surface area (Å²) in [6.07, 6.45) is 0. The molecule has 1 aromatic carbocycles. The Bertz CT molecular complexity index is 404. The zero-order valence-corrected chi connectivity index (χ0v) is 8.75. The molecule has 0 bridgehead atoms. The predicted molar refractivity (Wildman–Crippen MR) is 58.3 cm³/mol. The molecule has 65 valence electrons. The van der Waals surface area contributed by atoms with Gasteiger partial charge in [-0.3, -0.25) is 0 Å². The van der Waals surface area contributed by atoms with Crippen LogP contribution in [0.4, 0.5) is 0 Å². The molecule has 0 nitrogen and oxygen atoms in total. The van der Waals surface area contributed by atoms with Gasteiger partial charge < -0.3 is 0 Å². The van der Waals surface area contributed by atoms with Crippen molar-refractivity contribution in [1.82, 2.24) is 0 Å².